The summed E-state index contributed by atoms with van der Waals surface area (Å²) in [7, 11) is 0. The largest absolute Gasteiger partial charge is 0.478 e. The van der Waals surface area contributed by atoms with Gasteiger partial charge in [-0.2, -0.15) is 0 Å². The second kappa shape index (κ2) is 5.10. The van der Waals surface area contributed by atoms with Crippen molar-refractivity contribution in [2.75, 3.05) is 0 Å². The normalized spacial score (nSPS) is 10.8. The van der Waals surface area contributed by atoms with Gasteiger partial charge in [0.25, 0.3) is 0 Å². The number of benzene rings is 1. The van der Waals surface area contributed by atoms with Crippen LogP contribution >= 0.6 is 11.6 Å². The van der Waals surface area contributed by atoms with Crippen LogP contribution in [0.15, 0.2) is 42.7 Å². The number of carbonyl (C=O) groups is 1. The average Bonchev–Trinajstić information content (AvgIpc) is 2.48. The summed E-state index contributed by atoms with van der Waals surface area (Å²) in [6.45, 7) is 0. The van der Waals surface area contributed by atoms with Crippen LogP contribution in [0.5, 0.6) is 0 Å². The minimum atomic E-state index is -1.13. The van der Waals surface area contributed by atoms with Gasteiger partial charge in [0, 0.05) is 29.4 Å². The van der Waals surface area contributed by atoms with E-state index in [1.807, 2.05) is 0 Å². The van der Waals surface area contributed by atoms with Gasteiger partial charge in [-0.15, -0.1) is 0 Å². The van der Waals surface area contributed by atoms with Crippen molar-refractivity contribution in [3.05, 3.63) is 59.1 Å². The maximum Gasteiger partial charge on any atom is 0.336 e. The van der Waals surface area contributed by atoms with E-state index in [1.165, 1.54) is 12.1 Å². The number of carboxylic acids is 1. The Morgan fingerprint density at radius 2 is 2.10 bits per heavy atom. The molecule has 0 aliphatic carbocycles. The summed E-state index contributed by atoms with van der Waals surface area (Å²) in [5, 5.41) is 9.49. The first-order valence-electron chi connectivity index (χ1n) is 6.00. The van der Waals surface area contributed by atoms with Crippen molar-refractivity contribution in [3.63, 3.8) is 0 Å². The van der Waals surface area contributed by atoms with E-state index >= 15 is 0 Å². The van der Waals surface area contributed by atoms with Crippen LogP contribution in [-0.2, 0) is 0 Å². The van der Waals surface area contributed by atoms with Gasteiger partial charge in [0.2, 0.25) is 0 Å². The van der Waals surface area contributed by atoms with Gasteiger partial charge in [-0.25, -0.2) is 14.2 Å². The van der Waals surface area contributed by atoms with Gasteiger partial charge in [0.1, 0.15) is 5.82 Å². The Labute approximate surface area is 123 Å². The average molecular weight is 303 g/mol. The zero-order valence-electron chi connectivity index (χ0n) is 10.5. The minimum absolute atomic E-state index is 0.0146. The van der Waals surface area contributed by atoms with Crippen LogP contribution in [0.3, 0.4) is 0 Å². The van der Waals surface area contributed by atoms with Crippen LogP contribution in [0.1, 0.15) is 10.4 Å². The first-order valence-corrected chi connectivity index (χ1v) is 6.37. The number of rotatable bonds is 2. The van der Waals surface area contributed by atoms with Crippen molar-refractivity contribution in [1.29, 1.82) is 0 Å². The highest BCUT2D eigenvalue weighted by atomic mass is 35.5. The Bertz CT molecular complexity index is 853. The van der Waals surface area contributed by atoms with Crippen LogP contribution in [0.25, 0.3) is 22.2 Å². The van der Waals surface area contributed by atoms with Gasteiger partial charge in [0.05, 0.1) is 21.8 Å². The number of nitrogens with zero attached hydrogens (tertiary/aromatic N) is 2. The van der Waals surface area contributed by atoms with Gasteiger partial charge in [0.15, 0.2) is 0 Å². The quantitative estimate of drug-likeness (QED) is 0.782. The lowest BCUT2D eigenvalue weighted by Crippen LogP contribution is -2.01. The number of fused-ring (bicyclic) bond motifs is 1. The Morgan fingerprint density at radius 1 is 1.29 bits per heavy atom. The first-order chi connectivity index (χ1) is 10.1. The van der Waals surface area contributed by atoms with Gasteiger partial charge >= 0.3 is 5.97 Å². The van der Waals surface area contributed by atoms with Crippen LogP contribution in [-0.4, -0.2) is 21.0 Å². The molecule has 1 aromatic carbocycles. The third kappa shape index (κ3) is 2.43. The van der Waals surface area contributed by atoms with E-state index in [9.17, 15) is 14.3 Å². The number of aromatic carboxylic acids is 1. The lowest BCUT2D eigenvalue weighted by atomic mass is 10.0. The minimum Gasteiger partial charge on any atom is -0.478 e. The maximum atomic E-state index is 13.6. The highest BCUT2D eigenvalue weighted by Gasteiger charge is 2.15. The number of hydrogen-bond acceptors (Lipinski definition) is 3. The van der Waals surface area contributed by atoms with Crippen molar-refractivity contribution < 1.29 is 14.3 Å². The molecule has 0 saturated carbocycles. The van der Waals surface area contributed by atoms with Gasteiger partial charge in [-0.3, -0.25) is 4.98 Å². The molecular weight excluding hydrogens is 295 g/mol. The van der Waals surface area contributed by atoms with E-state index in [-0.39, 0.29) is 16.1 Å². The van der Waals surface area contributed by atoms with Crippen LogP contribution in [0.2, 0.25) is 5.02 Å². The molecule has 4 nitrogen and oxygen atoms in total. The second-order valence-electron chi connectivity index (χ2n) is 4.39. The first kappa shape index (κ1) is 13.5. The Balaban J connectivity index is 2.35. The van der Waals surface area contributed by atoms with Gasteiger partial charge < -0.3 is 5.11 Å². The Hall–Kier alpha value is -2.53. The molecule has 0 bridgehead atoms. The van der Waals surface area contributed by atoms with E-state index in [0.717, 1.165) is 6.07 Å². The van der Waals surface area contributed by atoms with Crippen molar-refractivity contribution in [1.82, 2.24) is 9.97 Å². The summed E-state index contributed by atoms with van der Waals surface area (Å²) >= 11 is 5.72. The summed E-state index contributed by atoms with van der Waals surface area (Å²) in [5.41, 5.74) is 1.31. The number of hydrogen-bond donors (Lipinski definition) is 1. The molecule has 0 spiro atoms. The number of halogens is 2. The summed E-state index contributed by atoms with van der Waals surface area (Å²) < 4.78 is 13.6. The van der Waals surface area contributed by atoms with Crippen LogP contribution in [0.4, 0.5) is 4.39 Å². The van der Waals surface area contributed by atoms with E-state index in [1.54, 1.807) is 24.5 Å². The molecule has 2 aromatic heterocycles. The molecule has 2 heterocycles. The fourth-order valence-electron chi connectivity index (χ4n) is 2.06. The smallest absolute Gasteiger partial charge is 0.336 e. The molecule has 0 unspecified atom stereocenters. The molecule has 0 aliphatic heterocycles. The maximum absolute atomic E-state index is 13.6. The standard InChI is InChI=1S/C15H8ClFN2O2/c16-11-4-9-10(15(20)21)5-13(8-2-1-3-18-7-8)19-14(9)6-12(11)17/h1-7H,(H,20,21). The van der Waals surface area contributed by atoms with E-state index in [4.69, 9.17) is 11.6 Å². The van der Waals surface area contributed by atoms with Crippen molar-refractivity contribution in [3.8, 4) is 11.3 Å². The lowest BCUT2D eigenvalue weighted by Gasteiger charge is -2.07. The molecule has 6 heteroatoms. The zero-order valence-corrected chi connectivity index (χ0v) is 11.3. The van der Waals surface area contributed by atoms with Crippen LogP contribution < -0.4 is 0 Å². The highest BCUT2D eigenvalue weighted by Crippen LogP contribution is 2.28. The second-order valence-corrected chi connectivity index (χ2v) is 4.79. The van der Waals surface area contributed by atoms with Gasteiger partial charge in [-0.1, -0.05) is 11.6 Å². The fraction of sp³-hybridized carbons (Fsp3) is 0. The predicted molar refractivity (Wildman–Crippen MR) is 76.9 cm³/mol. The summed E-state index contributed by atoms with van der Waals surface area (Å²) in [4.78, 5) is 19.7. The van der Waals surface area contributed by atoms with Crippen molar-refractivity contribution in [2.24, 2.45) is 0 Å². The van der Waals surface area contributed by atoms with Crippen molar-refractivity contribution in [2.45, 2.75) is 0 Å². The topological polar surface area (TPSA) is 63.1 Å². The molecule has 1 N–H and O–H groups in total. The molecule has 104 valence electrons. The summed E-state index contributed by atoms with van der Waals surface area (Å²) in [6.07, 6.45) is 3.16. The molecular formula is C15H8ClFN2O2. The van der Waals surface area contributed by atoms with Crippen molar-refractivity contribution >= 4 is 28.5 Å². The lowest BCUT2D eigenvalue weighted by molar-refractivity contribution is 0.0699. The summed E-state index contributed by atoms with van der Waals surface area (Å²) in [6, 6.07) is 7.29. The predicted octanol–water partition coefficient (Wildman–Crippen LogP) is 3.79. The summed E-state index contributed by atoms with van der Waals surface area (Å²) in [5.74, 6) is -1.77. The highest BCUT2D eigenvalue weighted by molar-refractivity contribution is 6.31. The molecule has 3 rings (SSSR count). The molecule has 0 amide bonds. The Kier molecular flexibility index (Phi) is 3.27. The third-order valence-electron chi connectivity index (χ3n) is 3.04. The molecule has 0 atom stereocenters. The molecule has 0 saturated heterocycles. The number of pyridine rings is 2. The molecule has 0 aliphatic rings. The number of carboxylic acid groups (broad SMARTS) is 1. The monoisotopic (exact) mass is 302 g/mol. The van der Waals surface area contributed by atoms with E-state index < -0.39 is 11.8 Å². The molecule has 3 aromatic rings. The van der Waals surface area contributed by atoms with Gasteiger partial charge in [-0.05, 0) is 24.3 Å². The fourth-order valence-corrected chi connectivity index (χ4v) is 2.22. The zero-order chi connectivity index (χ0) is 15.0. The third-order valence-corrected chi connectivity index (χ3v) is 3.33. The SMILES string of the molecule is O=C(O)c1cc(-c2cccnc2)nc2cc(F)c(Cl)cc12. The van der Waals surface area contributed by atoms with E-state index in [2.05, 4.69) is 9.97 Å². The van der Waals surface area contributed by atoms with E-state index in [0.29, 0.717) is 16.6 Å². The molecule has 0 radical (unpaired) electrons. The number of aromatic nitrogens is 2. The molecule has 0 fully saturated rings. The van der Waals surface area contributed by atoms with Crippen LogP contribution in [0, 0.1) is 5.82 Å². The Morgan fingerprint density at radius 3 is 2.76 bits per heavy atom. The molecule has 21 heavy (non-hydrogen) atoms.